The van der Waals surface area contributed by atoms with Gasteiger partial charge in [0.1, 0.15) is 5.69 Å². The molecule has 1 saturated carbocycles. The van der Waals surface area contributed by atoms with Gasteiger partial charge in [0, 0.05) is 16.5 Å². The molecule has 0 radical (unpaired) electrons. The average Bonchev–Trinajstić information content (AvgIpc) is 2.54. The van der Waals surface area contributed by atoms with Gasteiger partial charge in [-0.25, -0.2) is 4.98 Å². The zero-order chi connectivity index (χ0) is 16.4. The van der Waals surface area contributed by atoms with Crippen LogP contribution >= 0.6 is 11.6 Å². The van der Waals surface area contributed by atoms with Gasteiger partial charge in [-0.2, -0.15) is 0 Å². The van der Waals surface area contributed by atoms with Crippen molar-refractivity contribution in [2.75, 3.05) is 0 Å². The SMILES string of the molecule is O=C(N[C@H]1CC[C@H](C(=O)O)CC1)c1ccc2cc(Cl)ccc2n1. The van der Waals surface area contributed by atoms with E-state index in [1.807, 2.05) is 6.07 Å². The number of benzene rings is 1. The number of nitrogens with zero attached hydrogens (tertiary/aromatic N) is 1. The normalized spacial score (nSPS) is 21.1. The third kappa shape index (κ3) is 3.62. The Kier molecular flexibility index (Phi) is 4.48. The van der Waals surface area contributed by atoms with Gasteiger partial charge in [0.25, 0.3) is 5.91 Å². The first-order chi connectivity index (χ1) is 11.0. The second-order valence-electron chi connectivity index (χ2n) is 5.89. The molecule has 0 spiro atoms. The Labute approximate surface area is 138 Å². The lowest BCUT2D eigenvalue weighted by Crippen LogP contribution is -2.39. The summed E-state index contributed by atoms with van der Waals surface area (Å²) >= 11 is 5.93. The molecule has 0 saturated heterocycles. The topological polar surface area (TPSA) is 79.3 Å². The Hall–Kier alpha value is -2.14. The number of carboxylic acids is 1. The minimum absolute atomic E-state index is 0.0146. The highest BCUT2D eigenvalue weighted by Gasteiger charge is 2.27. The largest absolute Gasteiger partial charge is 0.481 e. The smallest absolute Gasteiger partial charge is 0.306 e. The number of pyridine rings is 1. The summed E-state index contributed by atoms with van der Waals surface area (Å²) in [5.41, 5.74) is 1.08. The number of carbonyl (C=O) groups is 2. The fraction of sp³-hybridized carbons (Fsp3) is 0.353. The zero-order valence-electron chi connectivity index (χ0n) is 12.5. The molecule has 5 nitrogen and oxygen atoms in total. The lowest BCUT2D eigenvalue weighted by atomic mass is 9.86. The van der Waals surface area contributed by atoms with Gasteiger partial charge in [-0.15, -0.1) is 0 Å². The maximum absolute atomic E-state index is 12.3. The molecule has 6 heteroatoms. The summed E-state index contributed by atoms with van der Waals surface area (Å²) in [6.07, 6.45) is 2.58. The Balaban J connectivity index is 1.67. The van der Waals surface area contributed by atoms with E-state index in [-0.39, 0.29) is 17.9 Å². The molecule has 1 aromatic carbocycles. The molecule has 2 aromatic rings. The third-order valence-corrected chi connectivity index (χ3v) is 4.53. The fourth-order valence-corrected chi connectivity index (χ4v) is 3.15. The van der Waals surface area contributed by atoms with Gasteiger partial charge < -0.3 is 10.4 Å². The maximum Gasteiger partial charge on any atom is 0.306 e. The molecule has 1 amide bonds. The van der Waals surface area contributed by atoms with Crippen molar-refractivity contribution in [3.8, 4) is 0 Å². The monoisotopic (exact) mass is 332 g/mol. The van der Waals surface area contributed by atoms with Crippen molar-refractivity contribution in [1.82, 2.24) is 10.3 Å². The van der Waals surface area contributed by atoms with Crippen molar-refractivity contribution in [2.24, 2.45) is 5.92 Å². The lowest BCUT2D eigenvalue weighted by molar-refractivity contribution is -0.142. The molecule has 1 heterocycles. The van der Waals surface area contributed by atoms with Crippen molar-refractivity contribution < 1.29 is 14.7 Å². The summed E-state index contributed by atoms with van der Waals surface area (Å²) in [5.74, 6) is -1.25. The van der Waals surface area contributed by atoms with Crippen LogP contribution in [-0.2, 0) is 4.79 Å². The summed E-state index contributed by atoms with van der Waals surface area (Å²) < 4.78 is 0. The molecule has 120 valence electrons. The van der Waals surface area contributed by atoms with E-state index < -0.39 is 5.97 Å². The highest BCUT2D eigenvalue weighted by Crippen LogP contribution is 2.25. The molecule has 0 atom stereocenters. The molecule has 1 aliphatic rings. The number of carbonyl (C=O) groups excluding carboxylic acids is 1. The number of fused-ring (bicyclic) bond motifs is 1. The Morgan fingerprint density at radius 1 is 1.13 bits per heavy atom. The predicted octanol–water partition coefficient (Wildman–Crippen LogP) is 3.26. The molecular formula is C17H17ClN2O3. The van der Waals surface area contributed by atoms with Crippen molar-refractivity contribution in [2.45, 2.75) is 31.7 Å². The standard InChI is InChI=1S/C17H17ClN2O3/c18-12-4-8-14-11(9-12)3-7-15(20-14)16(21)19-13-5-1-10(2-6-13)17(22)23/h3-4,7-10,13H,1-2,5-6H2,(H,19,21)(H,22,23)/t10-,13-. The van der Waals surface area contributed by atoms with E-state index in [4.69, 9.17) is 16.7 Å². The van der Waals surface area contributed by atoms with Gasteiger partial charge in [0.15, 0.2) is 0 Å². The molecule has 0 unspecified atom stereocenters. The van der Waals surface area contributed by atoms with E-state index in [1.165, 1.54) is 0 Å². The number of amides is 1. The number of aromatic nitrogens is 1. The van der Waals surface area contributed by atoms with Crippen molar-refractivity contribution in [3.63, 3.8) is 0 Å². The number of nitrogens with one attached hydrogen (secondary N) is 1. The van der Waals surface area contributed by atoms with Crippen LogP contribution in [0, 0.1) is 5.92 Å². The molecular weight excluding hydrogens is 316 g/mol. The van der Waals surface area contributed by atoms with Crippen LogP contribution < -0.4 is 5.32 Å². The molecule has 1 fully saturated rings. The van der Waals surface area contributed by atoms with E-state index in [0.717, 1.165) is 10.9 Å². The van der Waals surface area contributed by atoms with Gasteiger partial charge in [-0.05, 0) is 49.9 Å². The Morgan fingerprint density at radius 3 is 2.57 bits per heavy atom. The first kappa shape index (κ1) is 15.7. The number of carboxylic acid groups (broad SMARTS) is 1. The van der Waals surface area contributed by atoms with Crippen LogP contribution in [0.4, 0.5) is 0 Å². The minimum atomic E-state index is -0.746. The van der Waals surface area contributed by atoms with E-state index in [2.05, 4.69) is 10.3 Å². The molecule has 1 aliphatic carbocycles. The van der Waals surface area contributed by atoms with Crippen molar-refractivity contribution >= 4 is 34.4 Å². The second kappa shape index (κ2) is 6.54. The van der Waals surface area contributed by atoms with Crippen LogP contribution in [-0.4, -0.2) is 28.0 Å². The molecule has 0 aliphatic heterocycles. The first-order valence-electron chi connectivity index (χ1n) is 7.63. The van der Waals surface area contributed by atoms with Gasteiger partial charge in [-0.3, -0.25) is 9.59 Å². The number of halogens is 1. The Morgan fingerprint density at radius 2 is 1.87 bits per heavy atom. The molecule has 1 aromatic heterocycles. The van der Waals surface area contributed by atoms with Crippen LogP contribution in [0.1, 0.15) is 36.2 Å². The Bertz CT molecular complexity index is 755. The minimum Gasteiger partial charge on any atom is -0.481 e. The van der Waals surface area contributed by atoms with E-state index in [1.54, 1.807) is 24.3 Å². The van der Waals surface area contributed by atoms with Crippen LogP contribution in [0.3, 0.4) is 0 Å². The van der Waals surface area contributed by atoms with Crippen molar-refractivity contribution in [3.05, 3.63) is 41.0 Å². The predicted molar refractivity (Wildman–Crippen MR) is 87.6 cm³/mol. The van der Waals surface area contributed by atoms with Crippen LogP contribution in [0.15, 0.2) is 30.3 Å². The molecule has 2 N–H and O–H groups in total. The van der Waals surface area contributed by atoms with Crippen LogP contribution in [0.5, 0.6) is 0 Å². The molecule has 23 heavy (non-hydrogen) atoms. The maximum atomic E-state index is 12.3. The highest BCUT2D eigenvalue weighted by molar-refractivity contribution is 6.31. The fourth-order valence-electron chi connectivity index (χ4n) is 2.97. The van der Waals surface area contributed by atoms with Crippen LogP contribution in [0.25, 0.3) is 10.9 Å². The third-order valence-electron chi connectivity index (χ3n) is 4.30. The quantitative estimate of drug-likeness (QED) is 0.904. The average molecular weight is 333 g/mol. The lowest BCUT2D eigenvalue weighted by Gasteiger charge is -2.26. The summed E-state index contributed by atoms with van der Waals surface area (Å²) in [4.78, 5) is 27.6. The molecule has 3 rings (SSSR count). The number of hydrogen-bond donors (Lipinski definition) is 2. The summed E-state index contributed by atoms with van der Waals surface area (Å²) in [7, 11) is 0. The number of hydrogen-bond acceptors (Lipinski definition) is 3. The number of aliphatic carboxylic acids is 1. The van der Waals surface area contributed by atoms with Gasteiger partial charge in [0.05, 0.1) is 11.4 Å². The van der Waals surface area contributed by atoms with Crippen LogP contribution in [0.2, 0.25) is 5.02 Å². The highest BCUT2D eigenvalue weighted by atomic mass is 35.5. The summed E-state index contributed by atoms with van der Waals surface area (Å²) in [6.45, 7) is 0. The number of rotatable bonds is 3. The van der Waals surface area contributed by atoms with E-state index in [9.17, 15) is 9.59 Å². The van der Waals surface area contributed by atoms with Gasteiger partial charge >= 0.3 is 5.97 Å². The molecule has 0 bridgehead atoms. The van der Waals surface area contributed by atoms with Gasteiger partial charge in [0.2, 0.25) is 0 Å². The van der Waals surface area contributed by atoms with Crippen molar-refractivity contribution in [1.29, 1.82) is 0 Å². The van der Waals surface area contributed by atoms with E-state index >= 15 is 0 Å². The zero-order valence-corrected chi connectivity index (χ0v) is 13.2. The van der Waals surface area contributed by atoms with Gasteiger partial charge in [-0.1, -0.05) is 17.7 Å². The second-order valence-corrected chi connectivity index (χ2v) is 6.33. The summed E-state index contributed by atoms with van der Waals surface area (Å²) in [6, 6.07) is 8.85. The van der Waals surface area contributed by atoms with E-state index in [0.29, 0.717) is 36.4 Å². The summed E-state index contributed by atoms with van der Waals surface area (Å²) in [5, 5.41) is 13.5. The first-order valence-corrected chi connectivity index (χ1v) is 8.01.